The van der Waals surface area contributed by atoms with E-state index in [0.717, 1.165) is 25.7 Å². The maximum Gasteiger partial charge on any atom is 0.262 e. The molecule has 30 heavy (non-hydrogen) atoms. The smallest absolute Gasteiger partial charge is 0.262 e. The Balaban J connectivity index is 1.57. The van der Waals surface area contributed by atoms with Crippen molar-refractivity contribution in [1.82, 2.24) is 4.31 Å². The summed E-state index contributed by atoms with van der Waals surface area (Å²) in [7, 11) is -3.50. The van der Waals surface area contributed by atoms with Crippen LogP contribution in [-0.4, -0.2) is 44.9 Å². The number of nitrogens with zero attached hydrogens (tertiary/aromatic N) is 1. The number of para-hydroxylation sites is 2. The summed E-state index contributed by atoms with van der Waals surface area (Å²) in [6.45, 7) is 3.29. The molecule has 1 aliphatic rings. The summed E-state index contributed by atoms with van der Waals surface area (Å²) in [6.07, 6.45) is 3.91. The molecule has 7 nitrogen and oxygen atoms in total. The zero-order valence-corrected chi connectivity index (χ0v) is 18.0. The number of benzene rings is 2. The molecule has 0 aliphatic carbocycles. The van der Waals surface area contributed by atoms with Gasteiger partial charge in [0.2, 0.25) is 10.0 Å². The van der Waals surface area contributed by atoms with Crippen LogP contribution in [-0.2, 0) is 14.8 Å². The van der Waals surface area contributed by atoms with Gasteiger partial charge in [0.25, 0.3) is 5.91 Å². The molecule has 1 saturated heterocycles. The van der Waals surface area contributed by atoms with Crippen LogP contribution in [0.4, 0.5) is 5.69 Å². The van der Waals surface area contributed by atoms with Gasteiger partial charge >= 0.3 is 0 Å². The van der Waals surface area contributed by atoms with E-state index in [1.54, 1.807) is 28.6 Å². The second kappa shape index (κ2) is 10.4. The second-order valence-electron chi connectivity index (χ2n) is 7.06. The molecule has 0 bridgehead atoms. The Hall–Kier alpha value is -2.58. The Morgan fingerprint density at radius 2 is 1.63 bits per heavy atom. The minimum Gasteiger partial charge on any atom is -0.492 e. The van der Waals surface area contributed by atoms with E-state index in [-0.39, 0.29) is 17.4 Å². The van der Waals surface area contributed by atoms with Crippen molar-refractivity contribution in [3.8, 4) is 11.5 Å². The molecule has 1 amide bonds. The molecule has 0 saturated carbocycles. The molecule has 0 atom stereocenters. The fourth-order valence-electron chi connectivity index (χ4n) is 3.33. The van der Waals surface area contributed by atoms with E-state index in [2.05, 4.69) is 5.32 Å². The zero-order valence-electron chi connectivity index (χ0n) is 17.2. The molecule has 2 aromatic rings. The molecular formula is C22H28N2O5S. The van der Waals surface area contributed by atoms with Crippen molar-refractivity contribution in [2.75, 3.05) is 31.6 Å². The fraction of sp³-hybridized carbons (Fsp3) is 0.409. The number of amides is 1. The fourth-order valence-corrected chi connectivity index (χ4v) is 4.84. The predicted molar refractivity (Wildman–Crippen MR) is 115 cm³/mol. The third-order valence-electron chi connectivity index (χ3n) is 4.86. The van der Waals surface area contributed by atoms with Gasteiger partial charge in [-0.05, 0) is 56.2 Å². The van der Waals surface area contributed by atoms with Gasteiger partial charge in [0.1, 0.15) is 11.5 Å². The lowest BCUT2D eigenvalue weighted by Gasteiger charge is -2.20. The standard InChI is InChI=1S/C22H28N2O5S/c1-2-28-21-10-6-5-9-20(21)23-22(25)17-29-18-11-13-19(14-12-18)30(26,27)24-15-7-3-4-8-16-24/h5-6,9-14H,2-4,7-8,15-17H2,1H3,(H,23,25). The first kappa shape index (κ1) is 22.1. The van der Waals surface area contributed by atoms with Crippen LogP contribution in [0.1, 0.15) is 32.6 Å². The lowest BCUT2D eigenvalue weighted by atomic mass is 10.2. The summed E-state index contributed by atoms with van der Waals surface area (Å²) in [5.74, 6) is 0.692. The van der Waals surface area contributed by atoms with Crippen LogP contribution in [0.25, 0.3) is 0 Å². The first-order chi connectivity index (χ1) is 14.5. The van der Waals surface area contributed by atoms with E-state index >= 15 is 0 Å². The van der Waals surface area contributed by atoms with Gasteiger partial charge in [0.15, 0.2) is 6.61 Å². The highest BCUT2D eigenvalue weighted by molar-refractivity contribution is 7.89. The molecule has 1 fully saturated rings. The number of carbonyl (C=O) groups excluding carboxylic acids is 1. The Morgan fingerprint density at radius 3 is 2.30 bits per heavy atom. The molecule has 1 aliphatic heterocycles. The average molecular weight is 433 g/mol. The van der Waals surface area contributed by atoms with Crippen molar-refractivity contribution in [2.24, 2.45) is 0 Å². The third kappa shape index (κ3) is 5.73. The molecule has 1 heterocycles. The van der Waals surface area contributed by atoms with Crippen molar-refractivity contribution in [2.45, 2.75) is 37.5 Å². The molecule has 0 aromatic heterocycles. The quantitative estimate of drug-likeness (QED) is 0.688. The molecule has 8 heteroatoms. The van der Waals surface area contributed by atoms with Crippen LogP contribution in [0.2, 0.25) is 0 Å². The summed E-state index contributed by atoms with van der Waals surface area (Å²) in [6, 6.07) is 13.4. The summed E-state index contributed by atoms with van der Waals surface area (Å²) in [5.41, 5.74) is 0.576. The van der Waals surface area contributed by atoms with Crippen molar-refractivity contribution in [1.29, 1.82) is 0 Å². The molecule has 0 unspecified atom stereocenters. The molecule has 2 aromatic carbocycles. The van der Waals surface area contributed by atoms with E-state index in [1.165, 1.54) is 12.1 Å². The summed E-state index contributed by atoms with van der Waals surface area (Å²) >= 11 is 0. The number of carbonyl (C=O) groups is 1. The van der Waals surface area contributed by atoms with Crippen LogP contribution in [0.15, 0.2) is 53.4 Å². The van der Waals surface area contributed by atoms with Gasteiger partial charge in [0, 0.05) is 13.1 Å². The first-order valence-corrected chi connectivity index (χ1v) is 11.7. The molecular weight excluding hydrogens is 404 g/mol. The van der Waals surface area contributed by atoms with Crippen LogP contribution >= 0.6 is 0 Å². The van der Waals surface area contributed by atoms with Gasteiger partial charge in [-0.2, -0.15) is 4.31 Å². The number of sulfonamides is 1. The van der Waals surface area contributed by atoms with Crippen molar-refractivity contribution in [3.63, 3.8) is 0 Å². The number of anilines is 1. The van der Waals surface area contributed by atoms with E-state index < -0.39 is 10.0 Å². The minimum atomic E-state index is -3.50. The van der Waals surface area contributed by atoms with Crippen molar-refractivity contribution in [3.05, 3.63) is 48.5 Å². The summed E-state index contributed by atoms with van der Waals surface area (Å²) < 4.78 is 38.2. The number of ether oxygens (including phenoxy) is 2. The highest BCUT2D eigenvalue weighted by atomic mass is 32.2. The first-order valence-electron chi connectivity index (χ1n) is 10.3. The van der Waals surface area contributed by atoms with Gasteiger partial charge in [-0.3, -0.25) is 4.79 Å². The van der Waals surface area contributed by atoms with Crippen LogP contribution in [0.3, 0.4) is 0 Å². The molecule has 0 radical (unpaired) electrons. The number of hydrogen-bond acceptors (Lipinski definition) is 5. The molecule has 1 N–H and O–H groups in total. The van der Waals surface area contributed by atoms with E-state index in [1.807, 2.05) is 19.1 Å². The molecule has 0 spiro atoms. The van der Waals surface area contributed by atoms with Gasteiger partial charge in [-0.25, -0.2) is 8.42 Å². The normalized spacial score (nSPS) is 15.2. The summed E-state index contributed by atoms with van der Waals surface area (Å²) in [5, 5.41) is 2.76. The summed E-state index contributed by atoms with van der Waals surface area (Å²) in [4.78, 5) is 12.5. The Bertz CT molecular complexity index is 936. The molecule has 3 rings (SSSR count). The van der Waals surface area contributed by atoms with Crippen molar-refractivity contribution >= 4 is 21.6 Å². The highest BCUT2D eigenvalue weighted by Gasteiger charge is 2.25. The van der Waals surface area contributed by atoms with Gasteiger partial charge in [0.05, 0.1) is 17.2 Å². The van der Waals surface area contributed by atoms with Gasteiger partial charge < -0.3 is 14.8 Å². The number of hydrogen-bond donors (Lipinski definition) is 1. The van der Waals surface area contributed by atoms with E-state index in [9.17, 15) is 13.2 Å². The highest BCUT2D eigenvalue weighted by Crippen LogP contribution is 2.24. The van der Waals surface area contributed by atoms with Crippen LogP contribution in [0.5, 0.6) is 11.5 Å². The van der Waals surface area contributed by atoms with E-state index in [0.29, 0.717) is 36.9 Å². The van der Waals surface area contributed by atoms with Crippen LogP contribution < -0.4 is 14.8 Å². The maximum absolute atomic E-state index is 12.8. The molecule has 162 valence electrons. The topological polar surface area (TPSA) is 84.9 Å². The average Bonchev–Trinajstić information content (AvgIpc) is 3.04. The second-order valence-corrected chi connectivity index (χ2v) is 8.99. The lowest BCUT2D eigenvalue weighted by Crippen LogP contribution is -2.31. The zero-order chi connectivity index (χ0) is 21.4. The Kier molecular flexibility index (Phi) is 7.70. The largest absolute Gasteiger partial charge is 0.492 e. The third-order valence-corrected chi connectivity index (χ3v) is 6.77. The minimum absolute atomic E-state index is 0.196. The van der Waals surface area contributed by atoms with Gasteiger partial charge in [-0.15, -0.1) is 0 Å². The Morgan fingerprint density at radius 1 is 0.967 bits per heavy atom. The predicted octanol–water partition coefficient (Wildman–Crippen LogP) is 3.67. The Labute approximate surface area is 178 Å². The van der Waals surface area contributed by atoms with E-state index in [4.69, 9.17) is 9.47 Å². The van der Waals surface area contributed by atoms with Gasteiger partial charge in [-0.1, -0.05) is 25.0 Å². The number of nitrogens with one attached hydrogen (secondary N) is 1. The van der Waals surface area contributed by atoms with Crippen LogP contribution in [0, 0.1) is 0 Å². The number of rotatable bonds is 8. The maximum atomic E-state index is 12.8. The monoisotopic (exact) mass is 432 g/mol. The lowest BCUT2D eigenvalue weighted by molar-refractivity contribution is -0.118. The SMILES string of the molecule is CCOc1ccccc1NC(=O)COc1ccc(S(=O)(=O)N2CCCCCC2)cc1. The van der Waals surface area contributed by atoms with Crippen molar-refractivity contribution < 1.29 is 22.7 Å².